The second kappa shape index (κ2) is 6.03. The summed E-state index contributed by atoms with van der Waals surface area (Å²) in [5.41, 5.74) is 1.44. The average molecular weight is 363 g/mol. The molecule has 0 spiro atoms. The maximum Gasteiger partial charge on any atom is 0.326 e. The number of nitrogens with one attached hydrogen (secondary N) is 1. The molecular weight excluding hydrogens is 349 g/mol. The van der Waals surface area contributed by atoms with Crippen molar-refractivity contribution in [3.05, 3.63) is 26.8 Å². The van der Waals surface area contributed by atoms with Gasteiger partial charge in [0.2, 0.25) is 5.91 Å². The van der Waals surface area contributed by atoms with Crippen LogP contribution in [0.25, 0.3) is 0 Å². The van der Waals surface area contributed by atoms with Gasteiger partial charge >= 0.3 is 5.97 Å². The standard InChI is InChI=1S/C12H14INO4/c1-6-3-8(4-9(13)11(6)16)5-10(12(17)18)14-7(2)15/h3-4,10,16H,5H2,1-2H3,(H,14,15)(H,17,18). The number of carbonyl (C=O) groups excluding carboxylic acids is 1. The first-order valence-corrected chi connectivity index (χ1v) is 6.37. The fourth-order valence-electron chi connectivity index (χ4n) is 1.61. The van der Waals surface area contributed by atoms with E-state index >= 15 is 0 Å². The molecule has 0 heterocycles. The molecule has 98 valence electrons. The zero-order chi connectivity index (χ0) is 13.9. The monoisotopic (exact) mass is 363 g/mol. The summed E-state index contributed by atoms with van der Waals surface area (Å²) >= 11 is 1.98. The highest BCUT2D eigenvalue weighted by molar-refractivity contribution is 14.1. The Bertz CT molecular complexity index is 464. The summed E-state index contributed by atoms with van der Waals surface area (Å²) in [6.45, 7) is 3.02. The van der Waals surface area contributed by atoms with E-state index in [1.165, 1.54) is 6.92 Å². The Hall–Kier alpha value is -1.31. The van der Waals surface area contributed by atoms with Gasteiger partial charge in [-0.3, -0.25) is 4.79 Å². The molecule has 0 aliphatic heterocycles. The van der Waals surface area contributed by atoms with Crippen LogP contribution >= 0.6 is 22.6 Å². The van der Waals surface area contributed by atoms with Gasteiger partial charge in [-0.1, -0.05) is 6.07 Å². The molecule has 6 heteroatoms. The number of hydrogen-bond donors (Lipinski definition) is 3. The highest BCUT2D eigenvalue weighted by atomic mass is 127. The molecule has 1 unspecified atom stereocenters. The minimum atomic E-state index is -1.08. The average Bonchev–Trinajstić information content (AvgIpc) is 2.24. The molecule has 1 amide bonds. The van der Waals surface area contributed by atoms with Gasteiger partial charge in [-0.2, -0.15) is 0 Å². The SMILES string of the molecule is CC(=O)NC(Cc1cc(C)c(O)c(I)c1)C(=O)O. The molecule has 0 bridgehead atoms. The number of carbonyl (C=O) groups is 2. The van der Waals surface area contributed by atoms with Crippen LogP contribution in [0.4, 0.5) is 0 Å². The van der Waals surface area contributed by atoms with Gasteiger partial charge in [0.25, 0.3) is 0 Å². The molecule has 0 saturated heterocycles. The van der Waals surface area contributed by atoms with Crippen LogP contribution in [0.5, 0.6) is 5.75 Å². The number of aliphatic carboxylic acids is 1. The Morgan fingerprint density at radius 3 is 2.50 bits per heavy atom. The molecule has 5 nitrogen and oxygen atoms in total. The fraction of sp³-hybridized carbons (Fsp3) is 0.333. The number of benzene rings is 1. The van der Waals surface area contributed by atoms with E-state index in [0.717, 1.165) is 5.56 Å². The molecule has 0 aliphatic carbocycles. The first-order chi connectivity index (χ1) is 8.31. The Morgan fingerprint density at radius 1 is 1.44 bits per heavy atom. The van der Waals surface area contributed by atoms with Crippen molar-refractivity contribution in [2.45, 2.75) is 26.3 Å². The number of carboxylic acids is 1. The number of aromatic hydroxyl groups is 1. The topological polar surface area (TPSA) is 86.6 Å². The van der Waals surface area contributed by atoms with Crippen LogP contribution in [-0.4, -0.2) is 28.1 Å². The summed E-state index contributed by atoms with van der Waals surface area (Å²) in [7, 11) is 0. The Balaban J connectivity index is 2.94. The van der Waals surface area contributed by atoms with Gasteiger partial charge in [-0.15, -0.1) is 0 Å². The zero-order valence-electron chi connectivity index (χ0n) is 10.0. The van der Waals surface area contributed by atoms with Gasteiger partial charge in [-0.25, -0.2) is 4.79 Å². The lowest BCUT2D eigenvalue weighted by atomic mass is 10.0. The molecule has 0 radical (unpaired) electrons. The Kier molecular flexibility index (Phi) is 4.94. The van der Waals surface area contributed by atoms with Crippen molar-refractivity contribution in [3.63, 3.8) is 0 Å². The second-order valence-corrected chi connectivity index (χ2v) is 5.20. The third-order valence-electron chi connectivity index (χ3n) is 2.43. The normalized spacial score (nSPS) is 11.9. The minimum Gasteiger partial charge on any atom is -0.507 e. The summed E-state index contributed by atoms with van der Waals surface area (Å²) < 4.78 is 0.662. The van der Waals surface area contributed by atoms with Gasteiger partial charge in [0.1, 0.15) is 11.8 Å². The molecule has 0 aliphatic rings. The molecule has 0 aromatic heterocycles. The predicted octanol–water partition coefficient (Wildman–Crippen LogP) is 1.44. The van der Waals surface area contributed by atoms with Gasteiger partial charge in [-0.05, 0) is 46.7 Å². The van der Waals surface area contributed by atoms with Gasteiger partial charge < -0.3 is 15.5 Å². The van der Waals surface area contributed by atoms with Crippen molar-refractivity contribution >= 4 is 34.5 Å². The van der Waals surface area contributed by atoms with E-state index in [4.69, 9.17) is 5.11 Å². The Labute approximate surface area is 118 Å². The lowest BCUT2D eigenvalue weighted by Crippen LogP contribution is -2.41. The van der Waals surface area contributed by atoms with Crippen LogP contribution in [-0.2, 0) is 16.0 Å². The summed E-state index contributed by atoms with van der Waals surface area (Å²) in [6, 6.07) is 2.47. The van der Waals surface area contributed by atoms with Crippen molar-refractivity contribution in [2.75, 3.05) is 0 Å². The smallest absolute Gasteiger partial charge is 0.326 e. The molecule has 1 atom stereocenters. The predicted molar refractivity (Wildman–Crippen MR) is 74.5 cm³/mol. The van der Waals surface area contributed by atoms with Crippen LogP contribution in [0.15, 0.2) is 12.1 Å². The zero-order valence-corrected chi connectivity index (χ0v) is 12.2. The maximum absolute atomic E-state index is 11.0. The molecule has 3 N–H and O–H groups in total. The van der Waals surface area contributed by atoms with E-state index in [-0.39, 0.29) is 18.1 Å². The van der Waals surface area contributed by atoms with E-state index in [1.54, 1.807) is 19.1 Å². The second-order valence-electron chi connectivity index (χ2n) is 4.04. The molecule has 1 aromatic rings. The molecule has 0 fully saturated rings. The highest BCUT2D eigenvalue weighted by Gasteiger charge is 2.19. The summed E-state index contributed by atoms with van der Waals surface area (Å²) in [6.07, 6.45) is 0.187. The third-order valence-corrected chi connectivity index (χ3v) is 3.25. The molecule has 1 rings (SSSR count). The van der Waals surface area contributed by atoms with Crippen molar-refractivity contribution in [1.29, 1.82) is 0 Å². The van der Waals surface area contributed by atoms with Crippen LogP contribution in [0, 0.1) is 10.5 Å². The van der Waals surface area contributed by atoms with E-state index in [1.807, 2.05) is 22.6 Å². The third kappa shape index (κ3) is 3.86. The van der Waals surface area contributed by atoms with E-state index in [2.05, 4.69) is 5.32 Å². The largest absolute Gasteiger partial charge is 0.507 e. The summed E-state index contributed by atoms with van der Waals surface area (Å²) in [5, 5.41) is 21.0. The number of phenolic OH excluding ortho intramolecular Hbond substituents is 1. The van der Waals surface area contributed by atoms with E-state index in [9.17, 15) is 14.7 Å². The number of halogens is 1. The number of amides is 1. The van der Waals surface area contributed by atoms with Crippen LogP contribution in [0.2, 0.25) is 0 Å². The summed E-state index contributed by atoms with van der Waals surface area (Å²) in [5.74, 6) is -1.26. The van der Waals surface area contributed by atoms with Crippen molar-refractivity contribution < 1.29 is 19.8 Å². The molecule has 0 saturated carbocycles. The van der Waals surface area contributed by atoms with Crippen LogP contribution in [0.1, 0.15) is 18.1 Å². The van der Waals surface area contributed by atoms with E-state index in [0.29, 0.717) is 9.13 Å². The number of aryl methyl sites for hydroxylation is 1. The lowest BCUT2D eigenvalue weighted by molar-refractivity contribution is -0.141. The van der Waals surface area contributed by atoms with Crippen LogP contribution < -0.4 is 5.32 Å². The van der Waals surface area contributed by atoms with Gasteiger partial charge in [0, 0.05) is 13.3 Å². The quantitative estimate of drug-likeness (QED) is 0.707. The van der Waals surface area contributed by atoms with Crippen molar-refractivity contribution in [1.82, 2.24) is 5.32 Å². The van der Waals surface area contributed by atoms with Crippen LogP contribution in [0.3, 0.4) is 0 Å². The number of phenols is 1. The lowest BCUT2D eigenvalue weighted by Gasteiger charge is -2.14. The molecule has 1 aromatic carbocycles. The fourth-order valence-corrected chi connectivity index (χ4v) is 2.43. The van der Waals surface area contributed by atoms with Crippen molar-refractivity contribution in [2.24, 2.45) is 0 Å². The Morgan fingerprint density at radius 2 is 2.06 bits per heavy atom. The molecule has 18 heavy (non-hydrogen) atoms. The number of hydrogen-bond acceptors (Lipinski definition) is 3. The summed E-state index contributed by atoms with van der Waals surface area (Å²) in [4.78, 5) is 21.9. The van der Waals surface area contributed by atoms with Crippen molar-refractivity contribution in [3.8, 4) is 5.75 Å². The molecular formula is C12H14INO4. The van der Waals surface area contributed by atoms with Gasteiger partial charge in [0.05, 0.1) is 3.57 Å². The van der Waals surface area contributed by atoms with E-state index < -0.39 is 12.0 Å². The number of carboxylic acid groups (broad SMARTS) is 1. The van der Waals surface area contributed by atoms with Gasteiger partial charge in [0.15, 0.2) is 0 Å². The minimum absolute atomic E-state index is 0.187. The highest BCUT2D eigenvalue weighted by Crippen LogP contribution is 2.25. The first kappa shape index (κ1) is 14.7. The number of rotatable bonds is 4. The first-order valence-electron chi connectivity index (χ1n) is 5.29. The maximum atomic E-state index is 11.0.